The highest BCUT2D eigenvalue weighted by molar-refractivity contribution is 8.15. The predicted octanol–water partition coefficient (Wildman–Crippen LogP) is 4.07. The number of aliphatic imine (C=N–C) groups is 1. The summed E-state index contributed by atoms with van der Waals surface area (Å²) in [5.74, 6) is 0.769. The highest BCUT2D eigenvalue weighted by Gasteiger charge is 2.38. The van der Waals surface area contributed by atoms with Crippen LogP contribution in [0.1, 0.15) is 19.8 Å². The van der Waals surface area contributed by atoms with E-state index < -0.39 is 5.25 Å². The number of amides is 2. The maximum atomic E-state index is 12.9. The van der Waals surface area contributed by atoms with Crippen molar-refractivity contribution in [3.63, 3.8) is 0 Å². The van der Waals surface area contributed by atoms with Crippen molar-refractivity contribution in [2.24, 2.45) is 4.99 Å². The summed E-state index contributed by atoms with van der Waals surface area (Å²) in [6.07, 6.45) is 0.856. The van der Waals surface area contributed by atoms with E-state index in [1.54, 1.807) is 30.2 Å². The van der Waals surface area contributed by atoms with Gasteiger partial charge in [0.05, 0.1) is 25.6 Å². The first-order chi connectivity index (χ1) is 14.5. The van der Waals surface area contributed by atoms with Crippen molar-refractivity contribution in [1.82, 2.24) is 4.90 Å². The number of carbonyl (C=O) groups excluding carboxylic acids is 2. The van der Waals surface area contributed by atoms with Gasteiger partial charge < -0.3 is 14.8 Å². The molecule has 0 bridgehead atoms. The third-order valence-electron chi connectivity index (χ3n) is 4.50. The Morgan fingerprint density at radius 3 is 2.60 bits per heavy atom. The van der Waals surface area contributed by atoms with Gasteiger partial charge in [0.2, 0.25) is 11.8 Å². The average molecular weight is 428 g/mol. The predicted molar refractivity (Wildman–Crippen MR) is 120 cm³/mol. The number of hydrogen-bond acceptors (Lipinski definition) is 6. The summed E-state index contributed by atoms with van der Waals surface area (Å²) in [6, 6.07) is 14.6. The SMILES string of the molecule is CCCN1C(=O)C(CC(=O)Nc2ccc(OC)cc2OC)SC1=Nc1ccccc1. The maximum Gasteiger partial charge on any atom is 0.242 e. The number of para-hydroxylation sites is 1. The van der Waals surface area contributed by atoms with Crippen LogP contribution in [0, 0.1) is 0 Å². The van der Waals surface area contributed by atoms with Crippen LogP contribution in [-0.2, 0) is 9.59 Å². The van der Waals surface area contributed by atoms with Gasteiger partial charge in [-0.2, -0.15) is 0 Å². The molecule has 1 unspecified atom stereocenters. The quantitative estimate of drug-likeness (QED) is 0.687. The fraction of sp³-hybridized carbons (Fsp3) is 0.318. The van der Waals surface area contributed by atoms with Gasteiger partial charge in [-0.05, 0) is 30.7 Å². The van der Waals surface area contributed by atoms with Crippen molar-refractivity contribution >= 4 is 40.1 Å². The Morgan fingerprint density at radius 2 is 1.93 bits per heavy atom. The van der Waals surface area contributed by atoms with Crippen LogP contribution in [0.2, 0.25) is 0 Å². The van der Waals surface area contributed by atoms with Gasteiger partial charge in [-0.25, -0.2) is 4.99 Å². The fourth-order valence-electron chi connectivity index (χ4n) is 3.04. The number of nitrogens with zero attached hydrogens (tertiary/aromatic N) is 2. The Morgan fingerprint density at radius 1 is 1.17 bits per heavy atom. The summed E-state index contributed by atoms with van der Waals surface area (Å²) < 4.78 is 10.5. The van der Waals surface area contributed by atoms with Crippen molar-refractivity contribution in [1.29, 1.82) is 0 Å². The number of benzene rings is 2. The van der Waals surface area contributed by atoms with Crippen molar-refractivity contribution in [2.45, 2.75) is 25.0 Å². The monoisotopic (exact) mass is 427 g/mol. The molecule has 1 fully saturated rings. The first-order valence-corrected chi connectivity index (χ1v) is 10.6. The molecule has 3 rings (SSSR count). The lowest BCUT2D eigenvalue weighted by Gasteiger charge is -2.15. The first-order valence-electron chi connectivity index (χ1n) is 9.69. The zero-order chi connectivity index (χ0) is 21.5. The lowest BCUT2D eigenvalue weighted by Crippen LogP contribution is -2.34. The molecule has 30 heavy (non-hydrogen) atoms. The van der Waals surface area contributed by atoms with Gasteiger partial charge in [-0.15, -0.1) is 0 Å². The minimum absolute atomic E-state index is 0.0483. The highest BCUT2D eigenvalue weighted by atomic mass is 32.2. The number of nitrogens with one attached hydrogen (secondary N) is 1. The smallest absolute Gasteiger partial charge is 0.242 e. The van der Waals surface area contributed by atoms with E-state index in [4.69, 9.17) is 9.47 Å². The number of amidine groups is 1. The van der Waals surface area contributed by atoms with E-state index in [1.807, 2.05) is 37.3 Å². The highest BCUT2D eigenvalue weighted by Crippen LogP contribution is 2.33. The van der Waals surface area contributed by atoms with Gasteiger partial charge in [0, 0.05) is 19.0 Å². The zero-order valence-corrected chi connectivity index (χ0v) is 18.1. The second kappa shape index (κ2) is 10.2. The maximum absolute atomic E-state index is 12.9. The lowest BCUT2D eigenvalue weighted by molar-refractivity contribution is -0.128. The van der Waals surface area contributed by atoms with Crippen molar-refractivity contribution in [3.05, 3.63) is 48.5 Å². The molecule has 1 aliphatic heterocycles. The Kier molecular flexibility index (Phi) is 7.35. The molecule has 0 spiro atoms. The summed E-state index contributed by atoms with van der Waals surface area (Å²) in [7, 11) is 3.09. The molecule has 7 nitrogen and oxygen atoms in total. The number of hydrogen-bond donors (Lipinski definition) is 1. The van der Waals surface area contributed by atoms with Crippen LogP contribution in [0.15, 0.2) is 53.5 Å². The average Bonchev–Trinajstić information content (AvgIpc) is 3.03. The molecule has 2 amide bonds. The minimum atomic E-state index is -0.511. The molecule has 1 heterocycles. The number of ether oxygens (including phenoxy) is 2. The second-order valence-corrected chi connectivity index (χ2v) is 7.81. The largest absolute Gasteiger partial charge is 0.497 e. The van der Waals surface area contributed by atoms with Crippen molar-refractivity contribution < 1.29 is 19.1 Å². The molecular formula is C22H25N3O4S. The summed E-state index contributed by atoms with van der Waals surface area (Å²) in [5.41, 5.74) is 1.31. The molecule has 1 saturated heterocycles. The van der Waals surface area contributed by atoms with Crippen LogP contribution in [0.3, 0.4) is 0 Å². The number of methoxy groups -OCH3 is 2. The molecule has 0 radical (unpaired) electrons. The molecular weight excluding hydrogens is 402 g/mol. The normalized spacial score (nSPS) is 17.3. The zero-order valence-electron chi connectivity index (χ0n) is 17.3. The fourth-order valence-corrected chi connectivity index (χ4v) is 4.22. The first kappa shape index (κ1) is 21.7. The molecule has 2 aromatic rings. The molecule has 158 valence electrons. The third kappa shape index (κ3) is 5.13. The minimum Gasteiger partial charge on any atom is -0.497 e. The van der Waals surface area contributed by atoms with Gasteiger partial charge in [0.1, 0.15) is 16.7 Å². The summed E-state index contributed by atoms with van der Waals surface area (Å²) in [5, 5.41) is 2.95. The molecule has 0 saturated carbocycles. The van der Waals surface area contributed by atoms with Crippen molar-refractivity contribution in [2.75, 3.05) is 26.1 Å². The summed E-state index contributed by atoms with van der Waals surface area (Å²) in [4.78, 5) is 31.8. The van der Waals surface area contributed by atoms with Crippen LogP contribution >= 0.6 is 11.8 Å². The number of anilines is 1. The topological polar surface area (TPSA) is 80.2 Å². The lowest BCUT2D eigenvalue weighted by atomic mass is 10.2. The van der Waals surface area contributed by atoms with Crippen LogP contribution in [-0.4, -0.2) is 47.9 Å². The van der Waals surface area contributed by atoms with Crippen molar-refractivity contribution in [3.8, 4) is 11.5 Å². The van der Waals surface area contributed by atoms with Gasteiger partial charge >= 0.3 is 0 Å². The molecule has 1 N–H and O–H groups in total. The molecule has 0 aliphatic carbocycles. The molecule has 2 aromatic carbocycles. The van der Waals surface area contributed by atoms with Gasteiger partial charge in [-0.3, -0.25) is 14.5 Å². The van der Waals surface area contributed by atoms with E-state index in [-0.39, 0.29) is 18.2 Å². The van der Waals surface area contributed by atoms with Gasteiger partial charge in [0.15, 0.2) is 5.17 Å². The van der Waals surface area contributed by atoms with E-state index in [2.05, 4.69) is 10.3 Å². The van der Waals surface area contributed by atoms with Crippen LogP contribution in [0.4, 0.5) is 11.4 Å². The summed E-state index contributed by atoms with van der Waals surface area (Å²) >= 11 is 1.33. The number of carbonyl (C=O) groups is 2. The van der Waals surface area contributed by atoms with Crippen LogP contribution in [0.5, 0.6) is 11.5 Å². The molecule has 0 aromatic heterocycles. The van der Waals surface area contributed by atoms with E-state index >= 15 is 0 Å². The van der Waals surface area contributed by atoms with E-state index in [0.29, 0.717) is 28.9 Å². The standard InChI is InChI=1S/C22H25N3O4S/c1-4-12-25-21(27)19(30-22(25)23-15-8-6-5-7-9-15)14-20(26)24-17-11-10-16(28-2)13-18(17)29-3/h5-11,13,19H,4,12,14H2,1-3H3,(H,24,26). The van der Waals surface area contributed by atoms with Crippen LogP contribution < -0.4 is 14.8 Å². The van der Waals surface area contributed by atoms with Gasteiger partial charge in [-0.1, -0.05) is 36.9 Å². The Bertz CT molecular complexity index is 933. The van der Waals surface area contributed by atoms with E-state index in [1.165, 1.54) is 18.9 Å². The number of thioether (sulfide) groups is 1. The Labute approximate surface area is 180 Å². The van der Waals surface area contributed by atoms with E-state index in [9.17, 15) is 9.59 Å². The van der Waals surface area contributed by atoms with E-state index in [0.717, 1.165) is 12.1 Å². The molecule has 1 aliphatic rings. The van der Waals surface area contributed by atoms with Crippen LogP contribution in [0.25, 0.3) is 0 Å². The molecule has 1 atom stereocenters. The number of rotatable bonds is 8. The molecule has 8 heteroatoms. The Balaban J connectivity index is 1.72. The third-order valence-corrected chi connectivity index (χ3v) is 5.68. The Hall–Kier alpha value is -3.00. The second-order valence-electron chi connectivity index (χ2n) is 6.64. The van der Waals surface area contributed by atoms with Gasteiger partial charge in [0.25, 0.3) is 0 Å². The summed E-state index contributed by atoms with van der Waals surface area (Å²) in [6.45, 7) is 2.58.